The first kappa shape index (κ1) is 21.1. The van der Waals surface area contributed by atoms with Gasteiger partial charge in [0.2, 0.25) is 21.8 Å². The Bertz CT molecular complexity index is 706. The van der Waals surface area contributed by atoms with E-state index in [4.69, 9.17) is 5.14 Å². The van der Waals surface area contributed by atoms with Crippen LogP contribution >= 0.6 is 0 Å². The molecule has 0 aliphatic heterocycles. The summed E-state index contributed by atoms with van der Waals surface area (Å²) < 4.78 is 22.4. The molecule has 1 aromatic rings. The Morgan fingerprint density at radius 3 is 2.16 bits per heavy atom. The molecule has 2 amide bonds. The Morgan fingerprint density at radius 2 is 1.72 bits per heavy atom. The molecule has 0 saturated carbocycles. The molecule has 0 atom stereocenters. The van der Waals surface area contributed by atoms with Crippen LogP contribution in [0.15, 0.2) is 29.2 Å². The molecule has 1 aromatic carbocycles. The first-order valence-corrected chi connectivity index (χ1v) is 9.62. The molecule has 3 N–H and O–H groups in total. The predicted molar refractivity (Wildman–Crippen MR) is 96.3 cm³/mol. The monoisotopic (exact) mass is 369 g/mol. The summed E-state index contributed by atoms with van der Waals surface area (Å²) >= 11 is 0. The highest BCUT2D eigenvalue weighted by atomic mass is 32.2. The van der Waals surface area contributed by atoms with Crippen molar-refractivity contribution in [3.8, 4) is 0 Å². The minimum atomic E-state index is -3.69. The van der Waals surface area contributed by atoms with E-state index in [2.05, 4.69) is 5.32 Å². The molecule has 0 fully saturated rings. The van der Waals surface area contributed by atoms with Crippen molar-refractivity contribution < 1.29 is 18.0 Å². The van der Waals surface area contributed by atoms with E-state index in [0.717, 1.165) is 5.56 Å². The van der Waals surface area contributed by atoms with Crippen LogP contribution in [-0.4, -0.2) is 43.8 Å². The number of nitrogens with zero attached hydrogens (tertiary/aromatic N) is 1. The van der Waals surface area contributed by atoms with E-state index in [1.165, 1.54) is 19.1 Å². The number of hydrogen-bond acceptors (Lipinski definition) is 4. The molecule has 1 rings (SSSR count). The maximum atomic E-state index is 11.9. The molecular formula is C17H27N3O4S. The van der Waals surface area contributed by atoms with E-state index in [9.17, 15) is 18.0 Å². The summed E-state index contributed by atoms with van der Waals surface area (Å²) in [5.74, 6) is -0.188. The number of benzene rings is 1. The SMILES string of the molecule is CC(=O)N(CCC(=O)NCCc1ccc(S(N)(=O)=O)cc1)C(C)(C)C. The Labute approximate surface area is 149 Å². The molecular weight excluding hydrogens is 342 g/mol. The average Bonchev–Trinajstić information content (AvgIpc) is 2.45. The molecule has 0 unspecified atom stereocenters. The molecule has 140 valence electrons. The standard InChI is InChI=1S/C17H27N3O4S/c1-13(21)20(17(2,3)4)12-10-16(22)19-11-9-14-5-7-15(8-6-14)25(18,23)24/h5-8H,9-12H2,1-4H3,(H,19,22)(H2,18,23,24). The molecule has 25 heavy (non-hydrogen) atoms. The van der Waals surface area contributed by atoms with Gasteiger partial charge in [0.1, 0.15) is 0 Å². The summed E-state index contributed by atoms with van der Waals surface area (Å²) in [5, 5.41) is 7.85. The quantitative estimate of drug-likeness (QED) is 0.748. The van der Waals surface area contributed by atoms with Gasteiger partial charge in [-0.1, -0.05) is 12.1 Å². The topological polar surface area (TPSA) is 110 Å². The van der Waals surface area contributed by atoms with Crippen LogP contribution in [0.3, 0.4) is 0 Å². The van der Waals surface area contributed by atoms with Crippen molar-refractivity contribution in [1.29, 1.82) is 0 Å². The second kappa shape index (κ2) is 8.44. The van der Waals surface area contributed by atoms with Gasteiger partial charge in [-0.15, -0.1) is 0 Å². The summed E-state index contributed by atoms with van der Waals surface area (Å²) in [4.78, 5) is 25.3. The molecule has 0 aliphatic rings. The first-order valence-electron chi connectivity index (χ1n) is 8.08. The lowest BCUT2D eigenvalue weighted by Gasteiger charge is -2.34. The number of nitrogens with two attached hydrogens (primary N) is 1. The number of sulfonamides is 1. The molecule has 0 aromatic heterocycles. The zero-order valence-electron chi connectivity index (χ0n) is 15.2. The second-order valence-electron chi connectivity index (χ2n) is 6.88. The first-order chi connectivity index (χ1) is 11.4. The largest absolute Gasteiger partial charge is 0.356 e. The molecule has 0 saturated heterocycles. The summed E-state index contributed by atoms with van der Waals surface area (Å²) in [6.45, 7) is 8.08. The molecule has 8 heteroatoms. The van der Waals surface area contributed by atoms with Gasteiger partial charge in [0.25, 0.3) is 0 Å². The van der Waals surface area contributed by atoms with Crippen LogP contribution in [-0.2, 0) is 26.0 Å². The summed E-state index contributed by atoms with van der Waals surface area (Å²) in [7, 11) is -3.69. The summed E-state index contributed by atoms with van der Waals surface area (Å²) in [6.07, 6.45) is 0.813. The van der Waals surface area contributed by atoms with E-state index < -0.39 is 10.0 Å². The Hall–Kier alpha value is -1.93. The third kappa shape index (κ3) is 7.23. The van der Waals surface area contributed by atoms with Crippen molar-refractivity contribution in [3.63, 3.8) is 0 Å². The third-order valence-corrected chi connectivity index (χ3v) is 4.67. The van der Waals surface area contributed by atoms with Crippen LogP contribution in [0.4, 0.5) is 0 Å². The van der Waals surface area contributed by atoms with Crippen LogP contribution in [0.5, 0.6) is 0 Å². The van der Waals surface area contributed by atoms with E-state index in [1.54, 1.807) is 17.0 Å². The molecule has 0 heterocycles. The fraction of sp³-hybridized carbons (Fsp3) is 0.529. The van der Waals surface area contributed by atoms with Gasteiger partial charge in [0.15, 0.2) is 0 Å². The number of amides is 2. The zero-order chi connectivity index (χ0) is 19.3. The minimum absolute atomic E-state index is 0.0600. The second-order valence-corrected chi connectivity index (χ2v) is 8.44. The normalized spacial score (nSPS) is 11.9. The van der Waals surface area contributed by atoms with Gasteiger partial charge in [-0.05, 0) is 44.9 Å². The maximum Gasteiger partial charge on any atom is 0.238 e. The lowest BCUT2D eigenvalue weighted by Crippen LogP contribution is -2.46. The van der Waals surface area contributed by atoms with E-state index in [-0.39, 0.29) is 28.7 Å². The lowest BCUT2D eigenvalue weighted by molar-refractivity contribution is -0.134. The number of rotatable bonds is 7. The van der Waals surface area contributed by atoms with Crippen molar-refractivity contribution in [1.82, 2.24) is 10.2 Å². The lowest BCUT2D eigenvalue weighted by atomic mass is 10.1. The highest BCUT2D eigenvalue weighted by Crippen LogP contribution is 2.13. The number of nitrogens with one attached hydrogen (secondary N) is 1. The zero-order valence-corrected chi connectivity index (χ0v) is 16.0. The maximum absolute atomic E-state index is 11.9. The Balaban J connectivity index is 2.43. The van der Waals surface area contributed by atoms with Gasteiger partial charge < -0.3 is 10.2 Å². The van der Waals surface area contributed by atoms with Gasteiger partial charge in [-0.3, -0.25) is 9.59 Å². The molecule has 0 radical (unpaired) electrons. The number of primary sulfonamides is 1. The van der Waals surface area contributed by atoms with Gasteiger partial charge in [0.05, 0.1) is 4.90 Å². The minimum Gasteiger partial charge on any atom is -0.356 e. The third-order valence-electron chi connectivity index (χ3n) is 3.74. The predicted octanol–water partition coefficient (Wildman–Crippen LogP) is 1.03. The van der Waals surface area contributed by atoms with Crippen molar-refractivity contribution in [3.05, 3.63) is 29.8 Å². The van der Waals surface area contributed by atoms with E-state index in [1.807, 2.05) is 20.8 Å². The molecule has 0 spiro atoms. The van der Waals surface area contributed by atoms with Crippen molar-refractivity contribution in [2.45, 2.75) is 51.0 Å². The van der Waals surface area contributed by atoms with Gasteiger partial charge in [0, 0.05) is 32.0 Å². The smallest absolute Gasteiger partial charge is 0.238 e. The van der Waals surface area contributed by atoms with Crippen LogP contribution < -0.4 is 10.5 Å². The van der Waals surface area contributed by atoms with Crippen LogP contribution in [0.25, 0.3) is 0 Å². The van der Waals surface area contributed by atoms with Gasteiger partial charge >= 0.3 is 0 Å². The number of carbonyl (C=O) groups excluding carboxylic acids is 2. The highest BCUT2D eigenvalue weighted by Gasteiger charge is 2.23. The average molecular weight is 369 g/mol. The van der Waals surface area contributed by atoms with Crippen LogP contribution in [0.2, 0.25) is 0 Å². The van der Waals surface area contributed by atoms with E-state index >= 15 is 0 Å². The fourth-order valence-electron chi connectivity index (χ4n) is 2.46. The number of carbonyl (C=O) groups is 2. The molecule has 0 aliphatic carbocycles. The van der Waals surface area contributed by atoms with Crippen molar-refractivity contribution in [2.24, 2.45) is 5.14 Å². The van der Waals surface area contributed by atoms with Crippen LogP contribution in [0.1, 0.15) is 39.7 Å². The molecule has 7 nitrogen and oxygen atoms in total. The van der Waals surface area contributed by atoms with Crippen molar-refractivity contribution >= 4 is 21.8 Å². The number of hydrogen-bond donors (Lipinski definition) is 2. The molecule has 0 bridgehead atoms. The van der Waals surface area contributed by atoms with Crippen molar-refractivity contribution in [2.75, 3.05) is 13.1 Å². The summed E-state index contributed by atoms with van der Waals surface area (Å²) in [5.41, 5.74) is 0.574. The van der Waals surface area contributed by atoms with Gasteiger partial charge in [-0.25, -0.2) is 13.6 Å². The van der Waals surface area contributed by atoms with E-state index in [0.29, 0.717) is 19.5 Å². The van der Waals surface area contributed by atoms with Gasteiger partial charge in [-0.2, -0.15) is 0 Å². The Kier molecular flexibility index (Phi) is 7.13. The summed E-state index contributed by atoms with van der Waals surface area (Å²) in [6, 6.07) is 6.23. The fourth-order valence-corrected chi connectivity index (χ4v) is 2.97. The highest BCUT2D eigenvalue weighted by molar-refractivity contribution is 7.89. The Morgan fingerprint density at radius 1 is 1.16 bits per heavy atom. The van der Waals surface area contributed by atoms with Crippen LogP contribution in [0, 0.1) is 0 Å².